The van der Waals surface area contributed by atoms with Gasteiger partial charge >= 0.3 is 5.97 Å². The molecule has 120 valence electrons. The van der Waals surface area contributed by atoms with E-state index in [1.807, 2.05) is 6.07 Å². The summed E-state index contributed by atoms with van der Waals surface area (Å²) in [5.41, 5.74) is 1.30. The molecule has 0 unspecified atom stereocenters. The number of hydrogen-bond donors (Lipinski definition) is 0. The molecule has 0 aliphatic carbocycles. The van der Waals surface area contributed by atoms with Gasteiger partial charge in [-0.1, -0.05) is 12.1 Å². The fourth-order valence-corrected chi connectivity index (χ4v) is 1.89. The summed E-state index contributed by atoms with van der Waals surface area (Å²) in [4.78, 5) is 23.4. The third-order valence-electron chi connectivity index (χ3n) is 3.04. The summed E-state index contributed by atoms with van der Waals surface area (Å²) in [6, 6.07) is 8.47. The van der Waals surface area contributed by atoms with Crippen molar-refractivity contribution in [2.24, 2.45) is 7.05 Å². The van der Waals surface area contributed by atoms with Crippen LogP contribution in [0.15, 0.2) is 42.6 Å². The first-order chi connectivity index (χ1) is 11.1. The van der Waals surface area contributed by atoms with Crippen LogP contribution in [0.1, 0.15) is 23.0 Å². The monoisotopic (exact) mass is 314 g/mol. The summed E-state index contributed by atoms with van der Waals surface area (Å²) in [5, 5.41) is 4.03. The number of aromatic nitrogens is 2. The van der Waals surface area contributed by atoms with Crippen LogP contribution in [-0.4, -0.2) is 34.7 Å². The highest BCUT2D eigenvalue weighted by Crippen LogP contribution is 2.15. The number of allylic oxidation sites excluding steroid dienone is 1. The van der Waals surface area contributed by atoms with Crippen LogP contribution in [0.2, 0.25) is 0 Å². The van der Waals surface area contributed by atoms with Crippen LogP contribution in [0, 0.1) is 0 Å². The standard InChI is InChI=1S/C17H18N2O4/c1-3-22-17(21)12-23-15-6-4-5-13(11-15)16(20)8-7-14-9-10-18-19(14)2/h4-11H,3,12H2,1-2H3. The molecule has 1 heterocycles. The van der Waals surface area contributed by atoms with Gasteiger partial charge in [0.15, 0.2) is 12.4 Å². The Balaban J connectivity index is 2.01. The predicted octanol–water partition coefficient (Wildman–Crippen LogP) is 2.26. The van der Waals surface area contributed by atoms with Gasteiger partial charge in [-0.2, -0.15) is 5.10 Å². The molecule has 0 saturated carbocycles. The van der Waals surface area contributed by atoms with Crippen LogP contribution in [0.3, 0.4) is 0 Å². The number of benzene rings is 1. The van der Waals surface area contributed by atoms with Crippen LogP contribution < -0.4 is 4.74 Å². The minimum absolute atomic E-state index is 0.159. The molecular formula is C17H18N2O4. The van der Waals surface area contributed by atoms with Gasteiger partial charge in [0, 0.05) is 18.8 Å². The topological polar surface area (TPSA) is 70.4 Å². The number of aryl methyl sites for hydroxylation is 1. The molecular weight excluding hydrogens is 296 g/mol. The maximum atomic E-state index is 12.2. The Labute approximate surface area is 134 Å². The normalized spacial score (nSPS) is 10.7. The molecule has 0 bridgehead atoms. The summed E-state index contributed by atoms with van der Waals surface area (Å²) in [5.74, 6) is -0.161. The first-order valence-corrected chi connectivity index (χ1v) is 7.19. The van der Waals surface area contributed by atoms with Gasteiger partial charge in [-0.3, -0.25) is 9.48 Å². The largest absolute Gasteiger partial charge is 0.482 e. The molecule has 6 heteroatoms. The number of carbonyl (C=O) groups excluding carboxylic acids is 2. The lowest BCUT2D eigenvalue weighted by molar-refractivity contribution is -0.145. The summed E-state index contributed by atoms with van der Waals surface area (Å²) < 4.78 is 11.8. The number of ether oxygens (including phenoxy) is 2. The van der Waals surface area contributed by atoms with Crippen molar-refractivity contribution in [3.8, 4) is 5.75 Å². The highest BCUT2D eigenvalue weighted by Gasteiger charge is 2.06. The maximum Gasteiger partial charge on any atom is 0.344 e. The van der Waals surface area contributed by atoms with Gasteiger partial charge in [0.05, 0.1) is 12.3 Å². The average Bonchev–Trinajstić information content (AvgIpc) is 2.96. The van der Waals surface area contributed by atoms with Crippen molar-refractivity contribution in [1.29, 1.82) is 0 Å². The van der Waals surface area contributed by atoms with E-state index in [2.05, 4.69) is 5.10 Å². The third-order valence-corrected chi connectivity index (χ3v) is 3.04. The van der Waals surface area contributed by atoms with E-state index < -0.39 is 5.97 Å². The van der Waals surface area contributed by atoms with Crippen molar-refractivity contribution in [2.75, 3.05) is 13.2 Å². The lowest BCUT2D eigenvalue weighted by Crippen LogP contribution is -2.14. The van der Waals surface area contributed by atoms with E-state index >= 15 is 0 Å². The van der Waals surface area contributed by atoms with Crippen molar-refractivity contribution < 1.29 is 19.1 Å². The minimum Gasteiger partial charge on any atom is -0.482 e. The van der Waals surface area contributed by atoms with Crippen LogP contribution in [-0.2, 0) is 16.6 Å². The van der Waals surface area contributed by atoms with Crippen molar-refractivity contribution in [3.63, 3.8) is 0 Å². The first kappa shape index (κ1) is 16.5. The number of esters is 1. The van der Waals surface area contributed by atoms with Gasteiger partial charge in [-0.05, 0) is 37.3 Å². The van der Waals surface area contributed by atoms with Crippen molar-refractivity contribution in [3.05, 3.63) is 53.9 Å². The summed E-state index contributed by atoms with van der Waals surface area (Å²) in [6.45, 7) is 1.85. The molecule has 2 rings (SSSR count). The Morgan fingerprint density at radius 1 is 1.30 bits per heavy atom. The fraction of sp³-hybridized carbons (Fsp3) is 0.235. The number of carbonyl (C=O) groups is 2. The summed E-state index contributed by atoms with van der Waals surface area (Å²) in [7, 11) is 1.80. The zero-order valence-corrected chi connectivity index (χ0v) is 13.1. The fourth-order valence-electron chi connectivity index (χ4n) is 1.89. The van der Waals surface area contributed by atoms with Crippen LogP contribution in [0.5, 0.6) is 5.75 Å². The molecule has 2 aromatic rings. The minimum atomic E-state index is -0.444. The Morgan fingerprint density at radius 3 is 2.83 bits per heavy atom. The molecule has 0 amide bonds. The van der Waals surface area contributed by atoms with Crippen LogP contribution >= 0.6 is 0 Å². The van der Waals surface area contributed by atoms with Gasteiger partial charge in [0.1, 0.15) is 5.75 Å². The zero-order valence-electron chi connectivity index (χ0n) is 13.1. The van der Waals surface area contributed by atoms with Gasteiger partial charge in [-0.15, -0.1) is 0 Å². The van der Waals surface area contributed by atoms with Crippen molar-refractivity contribution in [2.45, 2.75) is 6.92 Å². The van der Waals surface area contributed by atoms with E-state index in [1.54, 1.807) is 55.2 Å². The van der Waals surface area contributed by atoms with Crippen LogP contribution in [0.25, 0.3) is 6.08 Å². The van der Waals surface area contributed by atoms with Crippen LogP contribution in [0.4, 0.5) is 0 Å². The van der Waals surface area contributed by atoms with E-state index in [-0.39, 0.29) is 12.4 Å². The molecule has 0 aliphatic rings. The van der Waals surface area contributed by atoms with Crippen molar-refractivity contribution >= 4 is 17.8 Å². The maximum absolute atomic E-state index is 12.2. The molecule has 6 nitrogen and oxygen atoms in total. The third kappa shape index (κ3) is 4.81. The van der Waals surface area contributed by atoms with E-state index in [9.17, 15) is 9.59 Å². The zero-order chi connectivity index (χ0) is 16.7. The average molecular weight is 314 g/mol. The van der Waals surface area contributed by atoms with Gasteiger partial charge in [0.25, 0.3) is 0 Å². The second-order valence-corrected chi connectivity index (χ2v) is 4.70. The Hall–Kier alpha value is -2.89. The Kier molecular flexibility index (Phi) is 5.68. The molecule has 0 N–H and O–H groups in total. The van der Waals surface area contributed by atoms with E-state index in [0.29, 0.717) is 17.9 Å². The number of hydrogen-bond acceptors (Lipinski definition) is 5. The number of rotatable bonds is 7. The quantitative estimate of drug-likeness (QED) is 0.445. The highest BCUT2D eigenvalue weighted by molar-refractivity contribution is 6.06. The molecule has 0 atom stereocenters. The molecule has 1 aromatic carbocycles. The van der Waals surface area contributed by atoms with Gasteiger partial charge in [-0.25, -0.2) is 4.79 Å². The SMILES string of the molecule is CCOC(=O)COc1cccc(C(=O)C=Cc2ccnn2C)c1. The van der Waals surface area contributed by atoms with Crippen molar-refractivity contribution in [1.82, 2.24) is 9.78 Å². The molecule has 23 heavy (non-hydrogen) atoms. The number of ketones is 1. The molecule has 0 spiro atoms. The smallest absolute Gasteiger partial charge is 0.344 e. The number of nitrogens with zero attached hydrogens (tertiary/aromatic N) is 2. The highest BCUT2D eigenvalue weighted by atomic mass is 16.6. The second kappa shape index (κ2) is 7.93. The van der Waals surface area contributed by atoms with E-state index in [1.165, 1.54) is 6.08 Å². The Morgan fingerprint density at radius 2 is 2.13 bits per heavy atom. The Bertz CT molecular complexity index is 719. The van der Waals surface area contributed by atoms with E-state index in [0.717, 1.165) is 5.69 Å². The first-order valence-electron chi connectivity index (χ1n) is 7.19. The molecule has 1 aromatic heterocycles. The molecule has 0 saturated heterocycles. The summed E-state index contributed by atoms with van der Waals surface area (Å²) in [6.07, 6.45) is 4.83. The van der Waals surface area contributed by atoms with Gasteiger partial charge in [0.2, 0.25) is 0 Å². The van der Waals surface area contributed by atoms with Gasteiger partial charge < -0.3 is 9.47 Å². The second-order valence-electron chi connectivity index (χ2n) is 4.70. The molecule has 0 aliphatic heterocycles. The lowest BCUT2D eigenvalue weighted by atomic mass is 10.1. The molecule has 0 radical (unpaired) electrons. The molecule has 0 fully saturated rings. The van der Waals surface area contributed by atoms with E-state index in [4.69, 9.17) is 9.47 Å². The lowest BCUT2D eigenvalue weighted by Gasteiger charge is -2.06. The predicted molar refractivity (Wildman–Crippen MR) is 85.1 cm³/mol. The summed E-state index contributed by atoms with van der Waals surface area (Å²) >= 11 is 0.